The summed E-state index contributed by atoms with van der Waals surface area (Å²) in [6, 6.07) is 0. The van der Waals surface area contributed by atoms with Crippen LogP contribution in [0.25, 0.3) is 0 Å². The third-order valence-corrected chi connectivity index (χ3v) is 2.18. The highest BCUT2D eigenvalue weighted by atomic mass is 15.3. The molecule has 1 fully saturated rings. The van der Waals surface area contributed by atoms with Crippen molar-refractivity contribution in [3.8, 4) is 0 Å². The minimum atomic E-state index is 0.0419. The van der Waals surface area contributed by atoms with Crippen molar-refractivity contribution in [2.45, 2.75) is 32.6 Å². The van der Waals surface area contributed by atoms with E-state index in [4.69, 9.17) is 11.5 Å². The van der Waals surface area contributed by atoms with Gasteiger partial charge in [0.25, 0.3) is 0 Å². The van der Waals surface area contributed by atoms with Crippen molar-refractivity contribution >= 4 is 11.7 Å². The van der Waals surface area contributed by atoms with Crippen LogP contribution >= 0.6 is 0 Å². The van der Waals surface area contributed by atoms with Crippen LogP contribution in [0.3, 0.4) is 0 Å². The molecule has 1 rings (SSSR count). The average molecular weight is 168 g/mol. The van der Waals surface area contributed by atoms with Crippen LogP contribution in [0.2, 0.25) is 0 Å². The van der Waals surface area contributed by atoms with E-state index in [1.807, 2.05) is 0 Å². The second-order valence-electron chi connectivity index (χ2n) is 3.26. The molecule has 0 heterocycles. The summed E-state index contributed by atoms with van der Waals surface area (Å²) in [7, 11) is 0. The number of guanidine groups is 1. The summed E-state index contributed by atoms with van der Waals surface area (Å²) in [5.41, 5.74) is 11.5. The zero-order valence-corrected chi connectivity index (χ0v) is 7.45. The quantitative estimate of drug-likeness (QED) is 0.345. The molecule has 0 radical (unpaired) electrons. The minimum Gasteiger partial charge on any atom is -0.369 e. The van der Waals surface area contributed by atoms with Crippen molar-refractivity contribution in [3.63, 3.8) is 0 Å². The topological polar surface area (TPSA) is 76.8 Å². The van der Waals surface area contributed by atoms with E-state index in [9.17, 15) is 0 Å². The van der Waals surface area contributed by atoms with E-state index in [0.29, 0.717) is 5.92 Å². The van der Waals surface area contributed by atoms with Gasteiger partial charge in [-0.2, -0.15) is 5.10 Å². The Morgan fingerprint density at radius 1 is 1.42 bits per heavy atom. The van der Waals surface area contributed by atoms with E-state index in [1.54, 1.807) is 0 Å². The molecule has 4 nitrogen and oxygen atoms in total. The van der Waals surface area contributed by atoms with Crippen LogP contribution in [0, 0.1) is 5.92 Å². The first-order valence-corrected chi connectivity index (χ1v) is 4.35. The van der Waals surface area contributed by atoms with Crippen LogP contribution in [0.5, 0.6) is 0 Å². The van der Waals surface area contributed by atoms with Crippen molar-refractivity contribution in [3.05, 3.63) is 0 Å². The fourth-order valence-electron chi connectivity index (χ4n) is 1.44. The Balaban J connectivity index is 2.59. The Morgan fingerprint density at radius 2 is 2.17 bits per heavy atom. The molecule has 0 aliphatic heterocycles. The van der Waals surface area contributed by atoms with E-state index in [0.717, 1.165) is 12.1 Å². The second-order valence-corrected chi connectivity index (χ2v) is 3.26. The first-order chi connectivity index (χ1) is 5.70. The van der Waals surface area contributed by atoms with Gasteiger partial charge in [0, 0.05) is 5.71 Å². The minimum absolute atomic E-state index is 0.0419. The Bertz CT molecular complexity index is 203. The Morgan fingerprint density at radius 3 is 2.75 bits per heavy atom. The molecule has 4 N–H and O–H groups in total. The molecule has 0 aromatic heterocycles. The first-order valence-electron chi connectivity index (χ1n) is 4.35. The molecule has 1 atom stereocenters. The fourth-order valence-corrected chi connectivity index (χ4v) is 1.44. The lowest BCUT2D eigenvalue weighted by Gasteiger charge is -2.18. The maximum atomic E-state index is 5.18. The Hall–Kier alpha value is -1.06. The van der Waals surface area contributed by atoms with Gasteiger partial charge >= 0.3 is 0 Å². The monoisotopic (exact) mass is 168 g/mol. The van der Waals surface area contributed by atoms with Crippen LogP contribution < -0.4 is 11.5 Å². The van der Waals surface area contributed by atoms with Gasteiger partial charge in [0.15, 0.2) is 0 Å². The zero-order valence-electron chi connectivity index (χ0n) is 7.45. The maximum absolute atomic E-state index is 5.18. The molecule has 1 unspecified atom stereocenters. The number of hydrogen-bond donors (Lipinski definition) is 2. The molecule has 1 aliphatic rings. The summed E-state index contributed by atoms with van der Waals surface area (Å²) in [6.45, 7) is 2.17. The van der Waals surface area contributed by atoms with E-state index >= 15 is 0 Å². The number of nitrogens with zero attached hydrogens (tertiary/aromatic N) is 2. The van der Waals surface area contributed by atoms with Crippen LogP contribution in [-0.2, 0) is 0 Å². The summed E-state index contributed by atoms with van der Waals surface area (Å²) in [5.74, 6) is 0.585. The summed E-state index contributed by atoms with van der Waals surface area (Å²) in [4.78, 5) is 0. The molecule has 0 amide bonds. The maximum Gasteiger partial charge on any atom is 0.211 e. The van der Waals surface area contributed by atoms with E-state index in [2.05, 4.69) is 17.1 Å². The molecule has 0 saturated heterocycles. The number of nitrogens with two attached hydrogens (primary N) is 2. The molecule has 0 spiro atoms. The van der Waals surface area contributed by atoms with Crippen LogP contribution in [0.1, 0.15) is 32.6 Å². The lowest BCUT2D eigenvalue weighted by Crippen LogP contribution is -2.23. The third-order valence-electron chi connectivity index (χ3n) is 2.18. The highest BCUT2D eigenvalue weighted by Crippen LogP contribution is 2.20. The molecule has 1 saturated carbocycles. The van der Waals surface area contributed by atoms with Crippen molar-refractivity contribution in [2.24, 2.45) is 27.6 Å². The molecular weight excluding hydrogens is 152 g/mol. The Kier molecular flexibility index (Phi) is 3.08. The van der Waals surface area contributed by atoms with Crippen molar-refractivity contribution in [1.29, 1.82) is 0 Å². The van der Waals surface area contributed by atoms with Crippen molar-refractivity contribution < 1.29 is 0 Å². The van der Waals surface area contributed by atoms with Crippen LogP contribution in [0.15, 0.2) is 10.2 Å². The van der Waals surface area contributed by atoms with Gasteiger partial charge in [-0.1, -0.05) is 13.3 Å². The number of rotatable bonds is 1. The highest BCUT2D eigenvalue weighted by molar-refractivity contribution is 5.87. The smallest absolute Gasteiger partial charge is 0.211 e. The van der Waals surface area contributed by atoms with Gasteiger partial charge in [0.1, 0.15) is 0 Å². The molecule has 68 valence electrons. The number of hydrogen-bond acceptors (Lipinski definition) is 2. The van der Waals surface area contributed by atoms with Crippen LogP contribution in [0.4, 0.5) is 0 Å². The van der Waals surface area contributed by atoms with Crippen molar-refractivity contribution in [1.82, 2.24) is 0 Å². The van der Waals surface area contributed by atoms with Gasteiger partial charge in [-0.25, -0.2) is 0 Å². The summed E-state index contributed by atoms with van der Waals surface area (Å²) in [6.07, 6.45) is 4.75. The summed E-state index contributed by atoms with van der Waals surface area (Å²) in [5, 5.41) is 7.68. The van der Waals surface area contributed by atoms with Gasteiger partial charge in [-0.15, -0.1) is 5.10 Å². The van der Waals surface area contributed by atoms with Gasteiger partial charge in [-0.05, 0) is 25.2 Å². The largest absolute Gasteiger partial charge is 0.369 e. The Labute approximate surface area is 72.7 Å². The average Bonchev–Trinajstić information content (AvgIpc) is 2.03. The molecule has 1 aliphatic carbocycles. The normalized spacial score (nSPS) is 27.1. The molecule has 0 bridgehead atoms. The lowest BCUT2D eigenvalue weighted by molar-refractivity contribution is 0.557. The molecule has 0 aromatic rings. The van der Waals surface area contributed by atoms with E-state index in [1.165, 1.54) is 19.3 Å². The van der Waals surface area contributed by atoms with E-state index in [-0.39, 0.29) is 5.96 Å². The SMILES string of the molecule is CC1CCCCC1=NN=C(N)N. The highest BCUT2D eigenvalue weighted by Gasteiger charge is 2.15. The molecule has 12 heavy (non-hydrogen) atoms. The van der Waals surface area contributed by atoms with Gasteiger partial charge in [0.2, 0.25) is 5.96 Å². The fraction of sp³-hybridized carbons (Fsp3) is 0.750. The van der Waals surface area contributed by atoms with Gasteiger partial charge < -0.3 is 11.5 Å². The molecule has 0 aromatic carbocycles. The predicted octanol–water partition coefficient (Wildman–Crippen LogP) is 0.826. The van der Waals surface area contributed by atoms with Gasteiger partial charge in [-0.3, -0.25) is 0 Å². The van der Waals surface area contributed by atoms with Crippen LogP contribution in [-0.4, -0.2) is 11.7 Å². The zero-order chi connectivity index (χ0) is 8.97. The van der Waals surface area contributed by atoms with E-state index < -0.39 is 0 Å². The second kappa shape index (κ2) is 4.09. The lowest BCUT2D eigenvalue weighted by atomic mass is 9.89. The van der Waals surface area contributed by atoms with Crippen molar-refractivity contribution in [2.75, 3.05) is 0 Å². The summed E-state index contributed by atoms with van der Waals surface area (Å²) < 4.78 is 0. The summed E-state index contributed by atoms with van der Waals surface area (Å²) >= 11 is 0. The predicted molar refractivity (Wildman–Crippen MR) is 50.9 cm³/mol. The van der Waals surface area contributed by atoms with Gasteiger partial charge in [0.05, 0.1) is 0 Å². The third kappa shape index (κ3) is 2.53. The molecule has 4 heteroatoms. The first kappa shape index (κ1) is 9.03. The molecular formula is C8H16N4. The standard InChI is InChI=1S/C8H16N4/c1-6-4-2-3-5-7(6)11-12-8(9)10/h6H,2-5H2,1H3,(H4,9,10,12).